The molecule has 0 radical (unpaired) electrons. The van der Waals surface area contributed by atoms with Gasteiger partial charge in [-0.05, 0) is 6.92 Å². The molecule has 1 atom stereocenters. The molecule has 16 heavy (non-hydrogen) atoms. The van der Waals surface area contributed by atoms with Gasteiger partial charge in [0.2, 0.25) is 0 Å². The van der Waals surface area contributed by atoms with Gasteiger partial charge in [0.1, 0.15) is 16.9 Å². The van der Waals surface area contributed by atoms with Crippen molar-refractivity contribution < 1.29 is 14.3 Å². The molecule has 0 aliphatic heterocycles. The molecule has 0 spiro atoms. The predicted molar refractivity (Wildman–Crippen MR) is 56.0 cm³/mol. The molecule has 0 saturated heterocycles. The molecule has 1 rings (SSSR count). The van der Waals surface area contributed by atoms with Crippen molar-refractivity contribution in [2.24, 2.45) is 0 Å². The van der Waals surface area contributed by atoms with E-state index in [1.807, 2.05) is 0 Å². The van der Waals surface area contributed by atoms with E-state index in [1.54, 1.807) is 0 Å². The molecule has 0 aliphatic rings. The zero-order valence-corrected chi connectivity index (χ0v) is 9.49. The molecule has 0 aromatic carbocycles. The number of nitrogens with one attached hydrogen (secondary N) is 1. The number of hydrogen-bond acceptors (Lipinski definition) is 5. The summed E-state index contributed by atoms with van der Waals surface area (Å²) in [5, 5.41) is 2.60. The summed E-state index contributed by atoms with van der Waals surface area (Å²) in [6, 6.07) is -0.741. The van der Waals surface area contributed by atoms with E-state index in [-0.39, 0.29) is 10.8 Å². The normalized spacial score (nSPS) is 11.7. The van der Waals surface area contributed by atoms with E-state index < -0.39 is 17.9 Å². The molecule has 7 heteroatoms. The summed E-state index contributed by atoms with van der Waals surface area (Å²) in [4.78, 5) is 30.0. The number of rotatable bonds is 3. The Kier molecular flexibility index (Phi) is 4.19. The highest BCUT2D eigenvalue weighted by atomic mass is 35.5. The van der Waals surface area contributed by atoms with Crippen molar-refractivity contribution in [2.45, 2.75) is 13.0 Å². The van der Waals surface area contributed by atoms with E-state index in [4.69, 9.17) is 11.6 Å². The van der Waals surface area contributed by atoms with Crippen LogP contribution in [-0.2, 0) is 9.53 Å². The minimum Gasteiger partial charge on any atom is -0.467 e. The molecule has 1 aromatic heterocycles. The number of carbonyl (C=O) groups excluding carboxylic acids is 2. The summed E-state index contributed by atoms with van der Waals surface area (Å²) in [7, 11) is 1.24. The molecule has 0 bridgehead atoms. The second-order valence-electron chi connectivity index (χ2n) is 2.94. The SMILES string of the molecule is COC(=O)[C@H](C)NC(=O)c1cnc(Cl)cn1. The van der Waals surface area contributed by atoms with Crippen LogP contribution in [0, 0.1) is 0 Å². The Hall–Kier alpha value is -1.69. The molecule has 0 saturated carbocycles. The highest BCUT2D eigenvalue weighted by Crippen LogP contribution is 2.01. The van der Waals surface area contributed by atoms with Gasteiger partial charge in [-0.2, -0.15) is 0 Å². The summed E-state index contributed by atoms with van der Waals surface area (Å²) in [5.74, 6) is -1.04. The number of esters is 1. The first kappa shape index (κ1) is 12.4. The summed E-state index contributed by atoms with van der Waals surface area (Å²) >= 11 is 5.52. The maximum absolute atomic E-state index is 11.5. The molecule has 1 aromatic rings. The van der Waals surface area contributed by atoms with Gasteiger partial charge >= 0.3 is 5.97 Å². The third-order valence-electron chi connectivity index (χ3n) is 1.76. The number of ether oxygens (including phenoxy) is 1. The van der Waals surface area contributed by atoms with Crippen molar-refractivity contribution in [3.63, 3.8) is 0 Å². The average molecular weight is 244 g/mol. The third kappa shape index (κ3) is 3.16. The summed E-state index contributed by atoms with van der Waals surface area (Å²) in [6.45, 7) is 1.51. The first-order chi connectivity index (χ1) is 7.54. The molecule has 0 unspecified atom stereocenters. The minimum absolute atomic E-state index is 0.0835. The molecular weight excluding hydrogens is 234 g/mol. The van der Waals surface area contributed by atoms with Crippen molar-refractivity contribution in [2.75, 3.05) is 7.11 Å². The minimum atomic E-state index is -0.741. The average Bonchev–Trinajstić information content (AvgIpc) is 2.28. The number of hydrogen-bond donors (Lipinski definition) is 1. The van der Waals surface area contributed by atoms with Crippen LogP contribution in [0.1, 0.15) is 17.4 Å². The standard InChI is InChI=1S/C9H10ClN3O3/c1-5(9(15)16-2)13-8(14)6-3-12-7(10)4-11-6/h3-5H,1-2H3,(H,13,14)/t5-/m0/s1. The van der Waals surface area contributed by atoms with Crippen LogP contribution >= 0.6 is 11.6 Å². The Morgan fingerprint density at radius 3 is 2.62 bits per heavy atom. The molecule has 0 aliphatic carbocycles. The molecule has 1 amide bonds. The van der Waals surface area contributed by atoms with Crippen LogP contribution in [0.3, 0.4) is 0 Å². The van der Waals surface area contributed by atoms with E-state index in [0.29, 0.717) is 0 Å². The highest BCUT2D eigenvalue weighted by molar-refractivity contribution is 6.29. The van der Waals surface area contributed by atoms with Crippen molar-refractivity contribution in [3.8, 4) is 0 Å². The first-order valence-corrected chi connectivity index (χ1v) is 4.78. The topological polar surface area (TPSA) is 81.2 Å². The maximum atomic E-state index is 11.5. The number of nitrogens with zero attached hydrogens (tertiary/aromatic N) is 2. The maximum Gasteiger partial charge on any atom is 0.328 e. The Labute approximate surface area is 97.0 Å². The number of halogens is 1. The molecular formula is C9H10ClN3O3. The number of methoxy groups -OCH3 is 1. The molecule has 86 valence electrons. The Morgan fingerprint density at radius 2 is 2.12 bits per heavy atom. The zero-order valence-electron chi connectivity index (χ0n) is 8.73. The van der Waals surface area contributed by atoms with Gasteiger partial charge in [0.05, 0.1) is 19.5 Å². The quantitative estimate of drug-likeness (QED) is 0.779. The van der Waals surface area contributed by atoms with Gasteiger partial charge < -0.3 is 10.1 Å². The van der Waals surface area contributed by atoms with Gasteiger partial charge in [0.15, 0.2) is 0 Å². The van der Waals surface area contributed by atoms with Crippen molar-refractivity contribution in [1.29, 1.82) is 0 Å². The van der Waals surface area contributed by atoms with Crippen LogP contribution in [-0.4, -0.2) is 35.0 Å². The Morgan fingerprint density at radius 1 is 1.44 bits per heavy atom. The van der Waals surface area contributed by atoms with E-state index in [0.717, 1.165) is 0 Å². The van der Waals surface area contributed by atoms with Crippen molar-refractivity contribution in [3.05, 3.63) is 23.2 Å². The molecule has 0 fully saturated rings. The lowest BCUT2D eigenvalue weighted by Crippen LogP contribution is -2.39. The van der Waals surface area contributed by atoms with E-state index in [2.05, 4.69) is 20.0 Å². The molecule has 6 nitrogen and oxygen atoms in total. The van der Waals surface area contributed by atoms with Gasteiger partial charge in [-0.3, -0.25) is 4.79 Å². The summed E-state index contributed by atoms with van der Waals surface area (Å²) < 4.78 is 4.46. The Balaban J connectivity index is 2.65. The lowest BCUT2D eigenvalue weighted by Gasteiger charge is -2.10. The van der Waals surface area contributed by atoms with Crippen LogP contribution in [0.5, 0.6) is 0 Å². The second-order valence-corrected chi connectivity index (χ2v) is 3.33. The third-order valence-corrected chi connectivity index (χ3v) is 1.95. The van der Waals surface area contributed by atoms with E-state index in [1.165, 1.54) is 26.4 Å². The van der Waals surface area contributed by atoms with Gasteiger partial charge in [0.25, 0.3) is 5.91 Å². The molecule has 1 heterocycles. The predicted octanol–water partition coefficient (Wildman–Crippen LogP) is 0.421. The van der Waals surface area contributed by atoms with Gasteiger partial charge in [-0.1, -0.05) is 11.6 Å². The van der Waals surface area contributed by atoms with Gasteiger partial charge in [0, 0.05) is 0 Å². The smallest absolute Gasteiger partial charge is 0.328 e. The second kappa shape index (κ2) is 5.41. The number of amides is 1. The highest BCUT2D eigenvalue weighted by Gasteiger charge is 2.17. The molecule has 1 N–H and O–H groups in total. The fraction of sp³-hybridized carbons (Fsp3) is 0.333. The Bertz CT molecular complexity index is 393. The fourth-order valence-corrected chi connectivity index (χ4v) is 1.03. The summed E-state index contributed by atoms with van der Waals surface area (Å²) in [6.07, 6.45) is 2.47. The van der Waals surface area contributed by atoms with Crippen molar-refractivity contribution in [1.82, 2.24) is 15.3 Å². The lowest BCUT2D eigenvalue weighted by atomic mass is 10.3. The van der Waals surface area contributed by atoms with Crippen molar-refractivity contribution >= 4 is 23.5 Å². The summed E-state index contributed by atoms with van der Waals surface area (Å²) in [5.41, 5.74) is 0.0835. The lowest BCUT2D eigenvalue weighted by molar-refractivity contribution is -0.142. The van der Waals surface area contributed by atoms with Gasteiger partial charge in [-0.15, -0.1) is 0 Å². The van der Waals surface area contributed by atoms with Crippen LogP contribution in [0.2, 0.25) is 5.15 Å². The first-order valence-electron chi connectivity index (χ1n) is 4.41. The van der Waals surface area contributed by atoms with E-state index in [9.17, 15) is 9.59 Å². The largest absolute Gasteiger partial charge is 0.467 e. The van der Waals surface area contributed by atoms with Gasteiger partial charge in [-0.25, -0.2) is 14.8 Å². The number of aromatic nitrogens is 2. The fourth-order valence-electron chi connectivity index (χ4n) is 0.936. The van der Waals surface area contributed by atoms with Crippen LogP contribution in [0.4, 0.5) is 0 Å². The van der Waals surface area contributed by atoms with Crippen LogP contribution in [0.15, 0.2) is 12.4 Å². The monoisotopic (exact) mass is 243 g/mol. The van der Waals surface area contributed by atoms with Crippen LogP contribution in [0.25, 0.3) is 0 Å². The van der Waals surface area contributed by atoms with Crippen LogP contribution < -0.4 is 5.32 Å². The van der Waals surface area contributed by atoms with E-state index >= 15 is 0 Å². The number of carbonyl (C=O) groups is 2. The zero-order chi connectivity index (χ0) is 12.1.